The normalized spacial score (nSPS) is 22.6. The van der Waals surface area contributed by atoms with Crippen LogP contribution in [0.3, 0.4) is 0 Å². The summed E-state index contributed by atoms with van der Waals surface area (Å²) in [7, 11) is 2.08. The van der Waals surface area contributed by atoms with E-state index < -0.39 is 0 Å². The van der Waals surface area contributed by atoms with Gasteiger partial charge in [0.15, 0.2) is 11.5 Å². The van der Waals surface area contributed by atoms with Crippen LogP contribution in [-0.2, 0) is 4.74 Å². The van der Waals surface area contributed by atoms with Crippen LogP contribution in [-0.4, -0.2) is 51.0 Å². The number of nitrogens with zero attached hydrogens (tertiary/aromatic N) is 1. The van der Waals surface area contributed by atoms with Crippen LogP contribution < -0.4 is 15.2 Å². The molecule has 1 fully saturated rings. The minimum absolute atomic E-state index is 0.0880. The third-order valence-electron chi connectivity index (χ3n) is 4.20. The Morgan fingerprint density at radius 3 is 2.86 bits per heavy atom. The van der Waals surface area contributed by atoms with Crippen molar-refractivity contribution in [3.63, 3.8) is 0 Å². The second kappa shape index (κ2) is 6.40. The molecular formula is C15H21ClN2O3. The van der Waals surface area contributed by atoms with Crippen LogP contribution in [0.2, 0.25) is 5.02 Å². The number of benzene rings is 1. The van der Waals surface area contributed by atoms with Crippen molar-refractivity contribution < 1.29 is 14.2 Å². The highest BCUT2D eigenvalue weighted by molar-refractivity contribution is 6.32. The van der Waals surface area contributed by atoms with E-state index in [4.69, 9.17) is 31.5 Å². The lowest BCUT2D eigenvalue weighted by Gasteiger charge is -2.32. The number of halogens is 1. The Labute approximate surface area is 129 Å². The van der Waals surface area contributed by atoms with Gasteiger partial charge in [-0.05, 0) is 31.2 Å². The van der Waals surface area contributed by atoms with Gasteiger partial charge in [-0.3, -0.25) is 4.90 Å². The third kappa shape index (κ3) is 2.97. The fraction of sp³-hybridized carbons (Fsp3) is 0.600. The predicted octanol–water partition coefficient (Wildman–Crippen LogP) is 1.83. The summed E-state index contributed by atoms with van der Waals surface area (Å²) >= 11 is 6.32. The molecule has 1 aromatic rings. The first-order valence-corrected chi connectivity index (χ1v) is 7.67. The minimum Gasteiger partial charge on any atom is -0.486 e. The average Bonchev–Trinajstić information content (AvgIpc) is 3.02. The molecule has 0 saturated carbocycles. The molecular weight excluding hydrogens is 292 g/mol. The Morgan fingerprint density at radius 2 is 2.14 bits per heavy atom. The van der Waals surface area contributed by atoms with Crippen LogP contribution in [0, 0.1) is 0 Å². The molecule has 2 unspecified atom stereocenters. The van der Waals surface area contributed by atoms with E-state index in [1.807, 2.05) is 12.1 Å². The van der Waals surface area contributed by atoms with E-state index in [0.29, 0.717) is 42.3 Å². The van der Waals surface area contributed by atoms with Crippen LogP contribution in [0.15, 0.2) is 12.1 Å². The maximum atomic E-state index is 6.32. The van der Waals surface area contributed by atoms with Crippen molar-refractivity contribution in [3.05, 3.63) is 22.7 Å². The number of nitrogens with two attached hydrogens (primary N) is 1. The molecule has 0 radical (unpaired) electrons. The largest absolute Gasteiger partial charge is 0.486 e. The van der Waals surface area contributed by atoms with Gasteiger partial charge in [0.05, 0.1) is 11.6 Å². The zero-order chi connectivity index (χ0) is 14.8. The van der Waals surface area contributed by atoms with Gasteiger partial charge in [-0.15, -0.1) is 0 Å². The molecule has 1 saturated heterocycles. The van der Waals surface area contributed by atoms with Crippen molar-refractivity contribution in [3.8, 4) is 11.5 Å². The summed E-state index contributed by atoms with van der Waals surface area (Å²) in [4.78, 5) is 2.27. The Balaban J connectivity index is 1.88. The molecule has 2 N–H and O–H groups in total. The van der Waals surface area contributed by atoms with E-state index in [-0.39, 0.29) is 6.04 Å². The van der Waals surface area contributed by atoms with Crippen molar-refractivity contribution in [2.24, 2.45) is 5.73 Å². The summed E-state index contributed by atoms with van der Waals surface area (Å²) in [5, 5.41) is 0.580. The maximum Gasteiger partial charge on any atom is 0.179 e. The van der Waals surface area contributed by atoms with Crippen LogP contribution in [0.4, 0.5) is 0 Å². The second-order valence-corrected chi connectivity index (χ2v) is 5.87. The van der Waals surface area contributed by atoms with Gasteiger partial charge in [-0.1, -0.05) is 11.6 Å². The molecule has 0 bridgehead atoms. The molecule has 2 atom stereocenters. The quantitative estimate of drug-likeness (QED) is 0.919. The molecule has 0 aliphatic carbocycles. The summed E-state index contributed by atoms with van der Waals surface area (Å²) in [6, 6.07) is 4.40. The molecule has 5 nitrogen and oxygen atoms in total. The van der Waals surface area contributed by atoms with Gasteiger partial charge in [0.2, 0.25) is 0 Å². The van der Waals surface area contributed by atoms with Gasteiger partial charge in [0.1, 0.15) is 13.2 Å². The SMILES string of the molecule is CN(C1CCOC1)C(CN)c1cc(Cl)c2c(c1)OCCO2. The van der Waals surface area contributed by atoms with E-state index >= 15 is 0 Å². The number of likely N-dealkylation sites (N-methyl/N-ethyl adjacent to an activating group) is 1. The molecule has 0 spiro atoms. The van der Waals surface area contributed by atoms with E-state index in [9.17, 15) is 0 Å². The fourth-order valence-corrected chi connectivity index (χ4v) is 3.23. The second-order valence-electron chi connectivity index (χ2n) is 5.46. The zero-order valence-corrected chi connectivity index (χ0v) is 12.9. The first-order chi connectivity index (χ1) is 10.2. The van der Waals surface area contributed by atoms with Crippen LogP contribution in [0.5, 0.6) is 11.5 Å². The summed E-state index contributed by atoms with van der Waals surface area (Å²) in [5.41, 5.74) is 7.06. The van der Waals surface area contributed by atoms with Gasteiger partial charge in [-0.25, -0.2) is 0 Å². The first-order valence-electron chi connectivity index (χ1n) is 7.29. The third-order valence-corrected chi connectivity index (χ3v) is 4.48. The zero-order valence-electron chi connectivity index (χ0n) is 12.2. The Hall–Kier alpha value is -1.01. The molecule has 0 aromatic heterocycles. The lowest BCUT2D eigenvalue weighted by Crippen LogP contribution is -2.39. The Morgan fingerprint density at radius 1 is 1.33 bits per heavy atom. The molecule has 21 heavy (non-hydrogen) atoms. The number of hydrogen-bond donors (Lipinski definition) is 1. The molecule has 3 rings (SSSR count). The highest BCUT2D eigenvalue weighted by atomic mass is 35.5. The Kier molecular flexibility index (Phi) is 4.54. The van der Waals surface area contributed by atoms with E-state index in [1.54, 1.807) is 0 Å². The van der Waals surface area contributed by atoms with Gasteiger partial charge in [-0.2, -0.15) is 0 Å². The Bertz CT molecular complexity index is 506. The molecule has 2 aliphatic rings. The molecule has 0 amide bonds. The highest BCUT2D eigenvalue weighted by Crippen LogP contribution is 2.40. The van der Waals surface area contributed by atoms with E-state index in [0.717, 1.165) is 25.2 Å². The van der Waals surface area contributed by atoms with Crippen molar-refractivity contribution in [2.45, 2.75) is 18.5 Å². The fourth-order valence-electron chi connectivity index (χ4n) is 2.96. The molecule has 116 valence electrons. The van der Waals surface area contributed by atoms with Crippen LogP contribution >= 0.6 is 11.6 Å². The van der Waals surface area contributed by atoms with Gasteiger partial charge >= 0.3 is 0 Å². The highest BCUT2D eigenvalue weighted by Gasteiger charge is 2.28. The molecule has 2 heterocycles. The topological polar surface area (TPSA) is 57.0 Å². The first kappa shape index (κ1) is 14.9. The number of rotatable bonds is 4. The number of ether oxygens (including phenoxy) is 3. The van der Waals surface area contributed by atoms with E-state index in [2.05, 4.69) is 11.9 Å². The van der Waals surface area contributed by atoms with Crippen molar-refractivity contribution >= 4 is 11.6 Å². The number of fused-ring (bicyclic) bond motifs is 1. The molecule has 2 aliphatic heterocycles. The van der Waals surface area contributed by atoms with Gasteiger partial charge < -0.3 is 19.9 Å². The van der Waals surface area contributed by atoms with Crippen molar-refractivity contribution in [2.75, 3.05) is 40.0 Å². The van der Waals surface area contributed by atoms with Crippen LogP contribution in [0.1, 0.15) is 18.0 Å². The number of hydrogen-bond acceptors (Lipinski definition) is 5. The molecule has 6 heteroatoms. The lowest BCUT2D eigenvalue weighted by atomic mass is 10.0. The van der Waals surface area contributed by atoms with Gasteiger partial charge in [0, 0.05) is 25.2 Å². The van der Waals surface area contributed by atoms with Crippen molar-refractivity contribution in [1.82, 2.24) is 4.90 Å². The summed E-state index contributed by atoms with van der Waals surface area (Å²) in [5.74, 6) is 1.34. The van der Waals surface area contributed by atoms with Crippen molar-refractivity contribution in [1.29, 1.82) is 0 Å². The monoisotopic (exact) mass is 312 g/mol. The van der Waals surface area contributed by atoms with Crippen LogP contribution in [0.25, 0.3) is 0 Å². The lowest BCUT2D eigenvalue weighted by molar-refractivity contribution is 0.134. The minimum atomic E-state index is 0.0880. The smallest absolute Gasteiger partial charge is 0.179 e. The van der Waals surface area contributed by atoms with Gasteiger partial charge in [0.25, 0.3) is 0 Å². The van der Waals surface area contributed by atoms with E-state index in [1.165, 1.54) is 0 Å². The summed E-state index contributed by atoms with van der Waals surface area (Å²) in [6.07, 6.45) is 1.03. The molecule has 1 aromatic carbocycles. The predicted molar refractivity (Wildman–Crippen MR) is 81.2 cm³/mol. The average molecular weight is 313 g/mol. The standard InChI is InChI=1S/C15H21ClN2O3/c1-18(11-2-3-19-9-11)13(8-17)10-6-12(16)15-14(7-10)20-4-5-21-15/h6-7,11,13H,2-5,8-9,17H2,1H3. The summed E-state index contributed by atoms with van der Waals surface area (Å²) in [6.45, 7) is 3.17. The summed E-state index contributed by atoms with van der Waals surface area (Å²) < 4.78 is 16.7. The maximum absolute atomic E-state index is 6.32.